The molecule has 1 saturated carbocycles. The highest BCUT2D eigenvalue weighted by molar-refractivity contribution is 7.99. The second-order valence-electron chi connectivity index (χ2n) is 6.10. The molecule has 3 nitrogen and oxygen atoms in total. The lowest BCUT2D eigenvalue weighted by Crippen LogP contribution is -2.31. The number of carbonyl (C=O) groups is 1. The van der Waals surface area contributed by atoms with Crippen molar-refractivity contribution in [2.45, 2.75) is 25.8 Å². The number of aromatic nitrogens is 1. The van der Waals surface area contributed by atoms with Gasteiger partial charge in [0, 0.05) is 12.4 Å². The zero-order valence-electron chi connectivity index (χ0n) is 13.4. The minimum Gasteiger partial charge on any atom is -0.344 e. The second-order valence-corrected chi connectivity index (χ2v) is 7.13. The Morgan fingerprint density at radius 1 is 1.26 bits per heavy atom. The predicted molar refractivity (Wildman–Crippen MR) is 95.5 cm³/mol. The van der Waals surface area contributed by atoms with Gasteiger partial charge in [0.1, 0.15) is 0 Å². The molecule has 23 heavy (non-hydrogen) atoms. The number of nitrogens with zero attached hydrogens (tertiary/aromatic N) is 1. The maximum Gasteiger partial charge on any atom is 0.230 e. The van der Waals surface area contributed by atoms with Crippen molar-refractivity contribution in [2.75, 3.05) is 11.5 Å². The zero-order chi connectivity index (χ0) is 16.1. The van der Waals surface area contributed by atoms with Crippen molar-refractivity contribution >= 4 is 17.7 Å². The van der Waals surface area contributed by atoms with Crippen LogP contribution in [0, 0.1) is 12.8 Å². The fraction of sp³-hybridized carbons (Fsp3) is 0.368. The van der Waals surface area contributed by atoms with E-state index in [4.69, 9.17) is 0 Å². The number of carbonyl (C=O) groups excluding carboxylic acids is 1. The molecular weight excluding hydrogens is 304 g/mol. The first-order valence-corrected chi connectivity index (χ1v) is 9.22. The maximum absolute atomic E-state index is 12.4. The quantitative estimate of drug-likeness (QED) is 0.843. The Hall–Kier alpha value is -1.81. The summed E-state index contributed by atoms with van der Waals surface area (Å²) in [6.07, 6.45) is 6.21. The van der Waals surface area contributed by atoms with Crippen LogP contribution in [0.4, 0.5) is 0 Å². The van der Waals surface area contributed by atoms with Gasteiger partial charge in [-0.25, -0.2) is 0 Å². The molecule has 1 aliphatic carbocycles. The van der Waals surface area contributed by atoms with Crippen LogP contribution in [-0.2, 0) is 4.79 Å². The summed E-state index contributed by atoms with van der Waals surface area (Å²) in [7, 11) is 0. The van der Waals surface area contributed by atoms with E-state index in [1.807, 2.05) is 24.3 Å². The molecule has 3 rings (SSSR count). The summed E-state index contributed by atoms with van der Waals surface area (Å²) in [5.74, 6) is 2.59. The average molecular weight is 326 g/mol. The molecule has 1 heterocycles. The van der Waals surface area contributed by atoms with Crippen LogP contribution in [0.5, 0.6) is 0 Å². The van der Waals surface area contributed by atoms with Crippen molar-refractivity contribution < 1.29 is 4.79 Å². The van der Waals surface area contributed by atoms with E-state index in [-0.39, 0.29) is 11.9 Å². The number of benzene rings is 1. The minimum absolute atomic E-state index is 0.0979. The molecule has 1 aromatic carbocycles. The monoisotopic (exact) mass is 326 g/mol. The Balaban J connectivity index is 1.72. The van der Waals surface area contributed by atoms with E-state index in [2.05, 4.69) is 29.4 Å². The second kappa shape index (κ2) is 7.64. The molecular formula is C19H22N2OS. The van der Waals surface area contributed by atoms with E-state index in [9.17, 15) is 4.79 Å². The van der Waals surface area contributed by atoms with Gasteiger partial charge in [0.25, 0.3) is 0 Å². The molecule has 1 N–H and O–H groups in total. The Bertz CT molecular complexity index is 655. The summed E-state index contributed by atoms with van der Waals surface area (Å²) in [6.45, 7) is 2.08. The van der Waals surface area contributed by atoms with Crippen LogP contribution in [0.15, 0.2) is 48.8 Å². The van der Waals surface area contributed by atoms with Crippen molar-refractivity contribution in [1.82, 2.24) is 10.3 Å². The standard InChI is InChI=1S/C19H22N2OS/c1-14-4-2-3-5-17(14)19(16-8-10-20-11-9-16)21-18(22)13-23-12-15-6-7-15/h2-5,8-11,15,19H,6-7,12-13H2,1H3,(H,21,22)/t19-/m1/s1. The Morgan fingerprint density at radius 2 is 2.00 bits per heavy atom. The molecule has 4 heteroatoms. The van der Waals surface area contributed by atoms with Gasteiger partial charge in [0.2, 0.25) is 5.91 Å². The number of thioether (sulfide) groups is 1. The molecule has 0 spiro atoms. The largest absolute Gasteiger partial charge is 0.344 e. The Labute approximate surface area is 141 Å². The molecule has 1 aromatic heterocycles. The maximum atomic E-state index is 12.4. The molecule has 0 radical (unpaired) electrons. The molecule has 0 saturated heterocycles. The van der Waals surface area contributed by atoms with Crippen LogP contribution < -0.4 is 5.32 Å². The number of rotatable bonds is 7. The summed E-state index contributed by atoms with van der Waals surface area (Å²) in [5, 5.41) is 3.20. The summed E-state index contributed by atoms with van der Waals surface area (Å²) in [6, 6.07) is 12.0. The Morgan fingerprint density at radius 3 is 2.70 bits per heavy atom. The van der Waals surface area contributed by atoms with Crippen molar-refractivity contribution in [3.05, 3.63) is 65.5 Å². The molecule has 0 aliphatic heterocycles. The summed E-state index contributed by atoms with van der Waals surface area (Å²) >= 11 is 1.74. The van der Waals surface area contributed by atoms with Gasteiger partial charge < -0.3 is 5.32 Å². The smallest absolute Gasteiger partial charge is 0.230 e. The number of nitrogens with one attached hydrogen (secondary N) is 1. The topological polar surface area (TPSA) is 42.0 Å². The summed E-state index contributed by atoms with van der Waals surface area (Å²) < 4.78 is 0. The molecule has 0 bridgehead atoms. The number of hydrogen-bond acceptors (Lipinski definition) is 3. The van der Waals surface area contributed by atoms with Crippen LogP contribution >= 0.6 is 11.8 Å². The highest BCUT2D eigenvalue weighted by atomic mass is 32.2. The number of pyridine rings is 1. The minimum atomic E-state index is -0.117. The van der Waals surface area contributed by atoms with Gasteiger partial charge >= 0.3 is 0 Å². The lowest BCUT2D eigenvalue weighted by molar-refractivity contribution is -0.119. The van der Waals surface area contributed by atoms with Crippen LogP contribution in [0.25, 0.3) is 0 Å². The fourth-order valence-electron chi connectivity index (χ4n) is 2.61. The first kappa shape index (κ1) is 16.1. The first-order chi connectivity index (χ1) is 11.2. The third-order valence-electron chi connectivity index (χ3n) is 4.13. The summed E-state index contributed by atoms with van der Waals surface area (Å²) in [4.78, 5) is 16.4. The SMILES string of the molecule is Cc1ccccc1[C@H](NC(=O)CSCC1CC1)c1ccncc1. The lowest BCUT2D eigenvalue weighted by atomic mass is 9.95. The average Bonchev–Trinajstić information content (AvgIpc) is 3.39. The molecule has 120 valence electrons. The van der Waals surface area contributed by atoms with Crippen LogP contribution in [0.2, 0.25) is 0 Å². The molecule has 1 fully saturated rings. The van der Waals surface area contributed by atoms with Gasteiger partial charge in [-0.15, -0.1) is 0 Å². The van der Waals surface area contributed by atoms with Gasteiger partial charge in [-0.3, -0.25) is 9.78 Å². The van der Waals surface area contributed by atoms with Gasteiger partial charge in [0.05, 0.1) is 11.8 Å². The lowest BCUT2D eigenvalue weighted by Gasteiger charge is -2.21. The van der Waals surface area contributed by atoms with E-state index in [0.29, 0.717) is 5.75 Å². The number of amides is 1. The predicted octanol–water partition coefficient (Wildman–Crippen LogP) is 3.74. The van der Waals surface area contributed by atoms with Crippen molar-refractivity contribution in [1.29, 1.82) is 0 Å². The fourth-order valence-corrected chi connectivity index (χ4v) is 3.67. The highest BCUT2D eigenvalue weighted by Gasteiger charge is 2.22. The molecule has 2 aromatic rings. The molecule has 0 unspecified atom stereocenters. The molecule has 1 atom stereocenters. The van der Waals surface area contributed by atoms with Gasteiger partial charge in [-0.05, 0) is 60.3 Å². The molecule has 1 amide bonds. The summed E-state index contributed by atoms with van der Waals surface area (Å²) in [5.41, 5.74) is 3.38. The van der Waals surface area contributed by atoms with E-state index in [0.717, 1.165) is 22.8 Å². The third-order valence-corrected chi connectivity index (χ3v) is 5.30. The molecule has 1 aliphatic rings. The zero-order valence-corrected chi connectivity index (χ0v) is 14.2. The normalized spacial score (nSPS) is 15.2. The third kappa shape index (κ3) is 4.58. The highest BCUT2D eigenvalue weighted by Crippen LogP contribution is 2.32. The Kier molecular flexibility index (Phi) is 5.34. The van der Waals surface area contributed by atoms with E-state index in [1.54, 1.807) is 24.2 Å². The number of aryl methyl sites for hydroxylation is 1. The first-order valence-electron chi connectivity index (χ1n) is 8.06. The van der Waals surface area contributed by atoms with Gasteiger partial charge in [-0.1, -0.05) is 24.3 Å². The van der Waals surface area contributed by atoms with Crippen molar-refractivity contribution in [3.63, 3.8) is 0 Å². The van der Waals surface area contributed by atoms with Crippen LogP contribution in [0.3, 0.4) is 0 Å². The van der Waals surface area contributed by atoms with Crippen LogP contribution in [0.1, 0.15) is 35.6 Å². The van der Waals surface area contributed by atoms with Gasteiger partial charge in [-0.2, -0.15) is 11.8 Å². The van der Waals surface area contributed by atoms with Crippen molar-refractivity contribution in [2.24, 2.45) is 5.92 Å². The van der Waals surface area contributed by atoms with Crippen molar-refractivity contribution in [3.8, 4) is 0 Å². The van der Waals surface area contributed by atoms with E-state index >= 15 is 0 Å². The van der Waals surface area contributed by atoms with E-state index in [1.165, 1.54) is 18.4 Å². The van der Waals surface area contributed by atoms with Gasteiger partial charge in [0.15, 0.2) is 0 Å². The van der Waals surface area contributed by atoms with Crippen LogP contribution in [-0.4, -0.2) is 22.4 Å². The van der Waals surface area contributed by atoms with E-state index < -0.39 is 0 Å². The number of hydrogen-bond donors (Lipinski definition) is 1.